The van der Waals surface area contributed by atoms with Gasteiger partial charge in [-0.05, 0) is 31.2 Å². The van der Waals surface area contributed by atoms with Crippen LogP contribution in [0.3, 0.4) is 0 Å². The average Bonchev–Trinajstić information content (AvgIpc) is 2.06. The van der Waals surface area contributed by atoms with Gasteiger partial charge in [-0.1, -0.05) is 24.6 Å². The summed E-state index contributed by atoms with van der Waals surface area (Å²) in [5.74, 6) is 0.953. The molecule has 0 aromatic heterocycles. The van der Waals surface area contributed by atoms with Crippen LogP contribution in [-0.4, -0.2) is 5.11 Å². The highest BCUT2D eigenvalue weighted by Gasteiger charge is 2.27. The van der Waals surface area contributed by atoms with E-state index in [9.17, 15) is 5.11 Å². The molecule has 3 N–H and O–H groups in total. The summed E-state index contributed by atoms with van der Waals surface area (Å²) in [6, 6.07) is 5.82. The zero-order valence-corrected chi connectivity index (χ0v) is 8.53. The molecule has 0 bridgehead atoms. The van der Waals surface area contributed by atoms with Crippen LogP contribution in [0.15, 0.2) is 18.2 Å². The Balaban J connectivity index is 2.26. The number of nitrogens with two attached hydrogens (primary N) is 1. The van der Waals surface area contributed by atoms with Crippen LogP contribution in [0.2, 0.25) is 0 Å². The largest absolute Gasteiger partial charge is 0.507 e. The lowest BCUT2D eigenvalue weighted by Crippen LogP contribution is -2.26. The maximum atomic E-state index is 9.86. The molecule has 0 spiro atoms. The first-order valence-electron chi connectivity index (χ1n) is 5.24. The molecular formula is C12H17NO. The third kappa shape index (κ3) is 1.50. The van der Waals surface area contributed by atoms with Crippen LogP contribution in [0.4, 0.5) is 0 Å². The Morgan fingerprint density at radius 2 is 2.14 bits per heavy atom. The number of benzene rings is 1. The summed E-state index contributed by atoms with van der Waals surface area (Å²) in [6.45, 7) is 1.91. The Morgan fingerprint density at radius 1 is 1.43 bits per heavy atom. The Kier molecular flexibility index (Phi) is 2.46. The van der Waals surface area contributed by atoms with Crippen LogP contribution in [0.1, 0.15) is 36.4 Å². The van der Waals surface area contributed by atoms with Crippen molar-refractivity contribution in [2.75, 3.05) is 0 Å². The number of rotatable bonds is 2. The molecule has 76 valence electrons. The number of phenols is 1. The Bertz CT molecular complexity index is 331. The van der Waals surface area contributed by atoms with Gasteiger partial charge in [-0.2, -0.15) is 0 Å². The average molecular weight is 191 g/mol. The molecule has 1 aliphatic rings. The molecule has 1 atom stereocenters. The summed E-state index contributed by atoms with van der Waals surface area (Å²) >= 11 is 0. The highest BCUT2D eigenvalue weighted by molar-refractivity contribution is 5.41. The van der Waals surface area contributed by atoms with E-state index in [1.807, 2.05) is 25.1 Å². The van der Waals surface area contributed by atoms with E-state index < -0.39 is 0 Å². The van der Waals surface area contributed by atoms with Crippen molar-refractivity contribution < 1.29 is 5.11 Å². The van der Waals surface area contributed by atoms with E-state index in [1.54, 1.807) is 0 Å². The molecule has 2 rings (SSSR count). The van der Waals surface area contributed by atoms with Gasteiger partial charge in [-0.15, -0.1) is 0 Å². The van der Waals surface area contributed by atoms with Crippen molar-refractivity contribution in [3.63, 3.8) is 0 Å². The van der Waals surface area contributed by atoms with Crippen molar-refractivity contribution in [3.8, 4) is 5.75 Å². The maximum Gasteiger partial charge on any atom is 0.123 e. The number of hydrogen-bond acceptors (Lipinski definition) is 2. The normalized spacial score (nSPS) is 19.0. The van der Waals surface area contributed by atoms with Gasteiger partial charge in [0.2, 0.25) is 0 Å². The summed E-state index contributed by atoms with van der Waals surface area (Å²) in [6.07, 6.45) is 3.69. The van der Waals surface area contributed by atoms with Crippen molar-refractivity contribution >= 4 is 0 Å². The SMILES string of the molecule is Cc1cccc([C@@H](N)C2CCC2)c1O. The van der Waals surface area contributed by atoms with E-state index in [-0.39, 0.29) is 6.04 Å². The van der Waals surface area contributed by atoms with E-state index in [0.717, 1.165) is 11.1 Å². The Morgan fingerprint density at radius 3 is 2.71 bits per heavy atom. The van der Waals surface area contributed by atoms with Gasteiger partial charge >= 0.3 is 0 Å². The van der Waals surface area contributed by atoms with E-state index >= 15 is 0 Å². The summed E-state index contributed by atoms with van der Waals surface area (Å²) in [5, 5.41) is 9.86. The van der Waals surface area contributed by atoms with E-state index in [4.69, 9.17) is 5.73 Å². The Hall–Kier alpha value is -1.02. The van der Waals surface area contributed by atoms with Crippen molar-refractivity contribution in [2.45, 2.75) is 32.2 Å². The summed E-state index contributed by atoms with van der Waals surface area (Å²) in [5.41, 5.74) is 7.94. The quantitative estimate of drug-likeness (QED) is 0.754. The molecule has 0 saturated heterocycles. The molecule has 0 unspecified atom stereocenters. The summed E-state index contributed by atoms with van der Waals surface area (Å²) < 4.78 is 0. The fourth-order valence-electron chi connectivity index (χ4n) is 2.00. The summed E-state index contributed by atoms with van der Waals surface area (Å²) in [4.78, 5) is 0. The fourth-order valence-corrected chi connectivity index (χ4v) is 2.00. The van der Waals surface area contributed by atoms with Gasteiger partial charge in [0.15, 0.2) is 0 Å². The lowest BCUT2D eigenvalue weighted by molar-refractivity contribution is 0.260. The van der Waals surface area contributed by atoms with Crippen LogP contribution in [0, 0.1) is 12.8 Å². The topological polar surface area (TPSA) is 46.2 Å². The third-order valence-electron chi connectivity index (χ3n) is 3.29. The minimum absolute atomic E-state index is 0.0173. The zero-order valence-electron chi connectivity index (χ0n) is 8.53. The smallest absolute Gasteiger partial charge is 0.123 e. The van der Waals surface area contributed by atoms with Crippen molar-refractivity contribution in [2.24, 2.45) is 11.7 Å². The number of para-hydroxylation sites is 1. The minimum Gasteiger partial charge on any atom is -0.507 e. The molecule has 1 aromatic carbocycles. The first-order chi connectivity index (χ1) is 6.70. The van der Waals surface area contributed by atoms with E-state index in [1.165, 1.54) is 19.3 Å². The molecule has 14 heavy (non-hydrogen) atoms. The predicted molar refractivity (Wildman–Crippen MR) is 57.1 cm³/mol. The van der Waals surface area contributed by atoms with Crippen LogP contribution < -0.4 is 5.73 Å². The summed E-state index contributed by atoms with van der Waals surface area (Å²) in [7, 11) is 0. The van der Waals surface area contributed by atoms with E-state index in [2.05, 4.69) is 0 Å². The monoisotopic (exact) mass is 191 g/mol. The molecule has 2 nitrogen and oxygen atoms in total. The van der Waals surface area contributed by atoms with E-state index in [0.29, 0.717) is 11.7 Å². The second-order valence-electron chi connectivity index (χ2n) is 4.23. The molecule has 0 radical (unpaired) electrons. The van der Waals surface area contributed by atoms with Crippen molar-refractivity contribution in [1.82, 2.24) is 0 Å². The number of phenolic OH excluding ortho intramolecular Hbond substituents is 1. The van der Waals surface area contributed by atoms with Crippen LogP contribution in [-0.2, 0) is 0 Å². The van der Waals surface area contributed by atoms with Crippen LogP contribution >= 0.6 is 0 Å². The van der Waals surface area contributed by atoms with Crippen molar-refractivity contribution in [1.29, 1.82) is 0 Å². The van der Waals surface area contributed by atoms with Gasteiger partial charge in [0, 0.05) is 11.6 Å². The van der Waals surface area contributed by atoms with Gasteiger partial charge in [-0.25, -0.2) is 0 Å². The first kappa shape index (κ1) is 9.53. The molecule has 0 heterocycles. The molecular weight excluding hydrogens is 174 g/mol. The van der Waals surface area contributed by atoms with Crippen LogP contribution in [0.5, 0.6) is 5.75 Å². The molecule has 1 saturated carbocycles. The zero-order chi connectivity index (χ0) is 10.1. The lowest BCUT2D eigenvalue weighted by Gasteiger charge is -2.31. The fraction of sp³-hybridized carbons (Fsp3) is 0.500. The van der Waals surface area contributed by atoms with Crippen molar-refractivity contribution in [3.05, 3.63) is 29.3 Å². The molecule has 1 fully saturated rings. The second-order valence-corrected chi connectivity index (χ2v) is 4.23. The molecule has 1 aromatic rings. The first-order valence-corrected chi connectivity index (χ1v) is 5.24. The van der Waals surface area contributed by atoms with Gasteiger partial charge in [-0.3, -0.25) is 0 Å². The standard InChI is InChI=1S/C12H17NO/c1-8-4-2-7-10(12(8)14)11(13)9-5-3-6-9/h2,4,7,9,11,14H,3,5-6,13H2,1H3/t11-/m0/s1. The number of aromatic hydroxyl groups is 1. The molecule has 0 aliphatic heterocycles. The predicted octanol–water partition coefficient (Wildman–Crippen LogP) is 2.50. The van der Waals surface area contributed by atoms with Crippen LogP contribution in [0.25, 0.3) is 0 Å². The van der Waals surface area contributed by atoms with Gasteiger partial charge in [0.1, 0.15) is 5.75 Å². The lowest BCUT2D eigenvalue weighted by atomic mass is 9.77. The minimum atomic E-state index is 0.0173. The maximum absolute atomic E-state index is 9.86. The highest BCUT2D eigenvalue weighted by Crippen LogP contribution is 2.39. The van der Waals surface area contributed by atoms with Gasteiger partial charge < -0.3 is 10.8 Å². The number of aryl methyl sites for hydroxylation is 1. The third-order valence-corrected chi connectivity index (χ3v) is 3.29. The van der Waals surface area contributed by atoms with Gasteiger partial charge in [0.05, 0.1) is 0 Å². The Labute approximate surface area is 84.7 Å². The molecule has 0 amide bonds. The van der Waals surface area contributed by atoms with Gasteiger partial charge in [0.25, 0.3) is 0 Å². The number of hydrogen-bond donors (Lipinski definition) is 2. The highest BCUT2D eigenvalue weighted by atomic mass is 16.3. The molecule has 1 aliphatic carbocycles. The molecule has 2 heteroatoms. The second kappa shape index (κ2) is 3.62.